The average molecular weight is 308 g/mol. The SMILES string of the molecule is Cc1cc(C(=O)NCCc2ncc[nH]2)ccc1Br. The van der Waals surface area contributed by atoms with E-state index in [9.17, 15) is 4.79 Å². The van der Waals surface area contributed by atoms with Crippen LogP contribution in [0.5, 0.6) is 0 Å². The van der Waals surface area contributed by atoms with Gasteiger partial charge in [0.25, 0.3) is 5.91 Å². The lowest BCUT2D eigenvalue weighted by molar-refractivity contribution is 0.0954. The molecule has 0 saturated heterocycles. The van der Waals surface area contributed by atoms with Crippen LogP contribution >= 0.6 is 15.9 Å². The highest BCUT2D eigenvalue weighted by Gasteiger charge is 2.06. The number of carbonyl (C=O) groups excluding carboxylic acids is 1. The number of aromatic nitrogens is 2. The van der Waals surface area contributed by atoms with Crippen molar-refractivity contribution in [3.8, 4) is 0 Å². The zero-order chi connectivity index (χ0) is 13.0. The molecule has 1 aromatic carbocycles. The summed E-state index contributed by atoms with van der Waals surface area (Å²) in [5.74, 6) is 0.819. The number of halogens is 1. The highest BCUT2D eigenvalue weighted by Crippen LogP contribution is 2.16. The lowest BCUT2D eigenvalue weighted by Gasteiger charge is -2.06. The summed E-state index contributed by atoms with van der Waals surface area (Å²) in [5, 5.41) is 2.87. The molecular formula is C13H14BrN3O. The quantitative estimate of drug-likeness (QED) is 0.911. The second-order valence-corrected chi connectivity index (χ2v) is 4.86. The Morgan fingerprint density at radius 1 is 1.50 bits per heavy atom. The topological polar surface area (TPSA) is 57.8 Å². The second kappa shape index (κ2) is 5.82. The van der Waals surface area contributed by atoms with Crippen molar-refractivity contribution in [3.05, 3.63) is 52.0 Å². The third kappa shape index (κ3) is 3.20. The summed E-state index contributed by atoms with van der Waals surface area (Å²) in [5.41, 5.74) is 1.73. The van der Waals surface area contributed by atoms with Crippen molar-refractivity contribution in [2.75, 3.05) is 6.54 Å². The third-order valence-electron chi connectivity index (χ3n) is 2.62. The number of nitrogens with one attached hydrogen (secondary N) is 2. The minimum absolute atomic E-state index is 0.0582. The van der Waals surface area contributed by atoms with Crippen LogP contribution in [0.1, 0.15) is 21.7 Å². The van der Waals surface area contributed by atoms with Gasteiger partial charge in [-0.25, -0.2) is 4.98 Å². The van der Waals surface area contributed by atoms with Crippen molar-refractivity contribution >= 4 is 21.8 Å². The fourth-order valence-corrected chi connectivity index (χ4v) is 1.86. The fourth-order valence-electron chi connectivity index (χ4n) is 1.62. The lowest BCUT2D eigenvalue weighted by Crippen LogP contribution is -2.26. The van der Waals surface area contributed by atoms with E-state index < -0.39 is 0 Å². The van der Waals surface area contributed by atoms with Crippen LogP contribution in [0.15, 0.2) is 35.1 Å². The molecule has 0 bridgehead atoms. The maximum atomic E-state index is 11.9. The molecule has 2 aromatic rings. The Hall–Kier alpha value is -1.62. The van der Waals surface area contributed by atoms with Crippen molar-refractivity contribution in [2.45, 2.75) is 13.3 Å². The number of aryl methyl sites for hydroxylation is 1. The number of imidazole rings is 1. The molecule has 4 nitrogen and oxygen atoms in total. The number of hydrogen-bond donors (Lipinski definition) is 2. The molecule has 18 heavy (non-hydrogen) atoms. The summed E-state index contributed by atoms with van der Waals surface area (Å²) in [6.07, 6.45) is 4.18. The monoisotopic (exact) mass is 307 g/mol. The first-order valence-electron chi connectivity index (χ1n) is 5.69. The van der Waals surface area contributed by atoms with Crippen LogP contribution in [0, 0.1) is 6.92 Å². The second-order valence-electron chi connectivity index (χ2n) is 4.01. The molecule has 2 N–H and O–H groups in total. The van der Waals surface area contributed by atoms with Crippen LogP contribution in [0.2, 0.25) is 0 Å². The number of nitrogens with zero attached hydrogens (tertiary/aromatic N) is 1. The van der Waals surface area contributed by atoms with Gasteiger partial charge in [0.1, 0.15) is 5.82 Å². The number of carbonyl (C=O) groups is 1. The van der Waals surface area contributed by atoms with Gasteiger partial charge in [-0.1, -0.05) is 15.9 Å². The normalized spacial score (nSPS) is 10.3. The molecule has 0 fully saturated rings. The van der Waals surface area contributed by atoms with E-state index in [1.54, 1.807) is 18.5 Å². The molecule has 2 rings (SSSR count). The number of rotatable bonds is 4. The van der Waals surface area contributed by atoms with Crippen molar-refractivity contribution in [1.29, 1.82) is 0 Å². The van der Waals surface area contributed by atoms with E-state index in [-0.39, 0.29) is 5.91 Å². The first kappa shape index (κ1) is 12.8. The Balaban J connectivity index is 1.89. The molecule has 0 spiro atoms. The number of H-pyrrole nitrogens is 1. The van der Waals surface area contributed by atoms with E-state index in [2.05, 4.69) is 31.2 Å². The largest absolute Gasteiger partial charge is 0.352 e. The molecule has 0 radical (unpaired) electrons. The van der Waals surface area contributed by atoms with Crippen LogP contribution < -0.4 is 5.32 Å². The molecular weight excluding hydrogens is 294 g/mol. The summed E-state index contributed by atoms with van der Waals surface area (Å²) < 4.78 is 1.01. The molecule has 0 unspecified atom stereocenters. The van der Waals surface area contributed by atoms with Crippen LogP contribution in [-0.2, 0) is 6.42 Å². The lowest BCUT2D eigenvalue weighted by atomic mass is 10.1. The van der Waals surface area contributed by atoms with E-state index in [0.29, 0.717) is 18.5 Å². The number of benzene rings is 1. The van der Waals surface area contributed by atoms with Crippen molar-refractivity contribution in [3.63, 3.8) is 0 Å². The molecule has 0 aliphatic heterocycles. The molecule has 5 heteroatoms. The van der Waals surface area contributed by atoms with Gasteiger partial charge in [-0.05, 0) is 30.7 Å². The van der Waals surface area contributed by atoms with E-state index in [1.165, 1.54) is 0 Å². The molecule has 1 heterocycles. The number of hydrogen-bond acceptors (Lipinski definition) is 2. The summed E-state index contributed by atoms with van der Waals surface area (Å²) in [4.78, 5) is 19.0. The molecule has 94 valence electrons. The Labute approximate surface area is 114 Å². The van der Waals surface area contributed by atoms with Gasteiger partial charge in [0.15, 0.2) is 0 Å². The zero-order valence-electron chi connectivity index (χ0n) is 10.0. The van der Waals surface area contributed by atoms with Crippen LogP contribution in [0.3, 0.4) is 0 Å². The third-order valence-corrected chi connectivity index (χ3v) is 3.51. The van der Waals surface area contributed by atoms with Gasteiger partial charge in [-0.15, -0.1) is 0 Å². The molecule has 0 saturated carbocycles. The van der Waals surface area contributed by atoms with Gasteiger partial charge >= 0.3 is 0 Å². The Morgan fingerprint density at radius 3 is 3.00 bits per heavy atom. The van der Waals surface area contributed by atoms with Gasteiger partial charge in [-0.3, -0.25) is 4.79 Å². The maximum absolute atomic E-state index is 11.9. The predicted molar refractivity (Wildman–Crippen MR) is 73.5 cm³/mol. The zero-order valence-corrected chi connectivity index (χ0v) is 11.6. The first-order chi connectivity index (χ1) is 8.66. The Kier molecular flexibility index (Phi) is 4.15. The molecule has 1 amide bonds. The van der Waals surface area contributed by atoms with Crippen LogP contribution in [0.4, 0.5) is 0 Å². The van der Waals surface area contributed by atoms with Gasteiger partial charge in [0.05, 0.1) is 0 Å². The molecule has 0 aliphatic carbocycles. The Morgan fingerprint density at radius 2 is 2.33 bits per heavy atom. The van der Waals surface area contributed by atoms with E-state index in [4.69, 9.17) is 0 Å². The highest BCUT2D eigenvalue weighted by molar-refractivity contribution is 9.10. The van der Waals surface area contributed by atoms with Gasteiger partial charge in [-0.2, -0.15) is 0 Å². The smallest absolute Gasteiger partial charge is 0.251 e. The predicted octanol–water partition coefficient (Wildman–Crippen LogP) is 2.45. The summed E-state index contributed by atoms with van der Waals surface area (Å²) in [6, 6.07) is 5.56. The minimum atomic E-state index is -0.0582. The average Bonchev–Trinajstić information content (AvgIpc) is 2.85. The Bertz CT molecular complexity index is 537. The van der Waals surface area contributed by atoms with E-state index >= 15 is 0 Å². The summed E-state index contributed by atoms with van der Waals surface area (Å²) >= 11 is 3.41. The van der Waals surface area contributed by atoms with E-state index in [0.717, 1.165) is 15.9 Å². The van der Waals surface area contributed by atoms with Gasteiger partial charge in [0, 0.05) is 35.4 Å². The minimum Gasteiger partial charge on any atom is -0.352 e. The van der Waals surface area contributed by atoms with E-state index in [1.807, 2.05) is 19.1 Å². The molecule has 0 atom stereocenters. The van der Waals surface area contributed by atoms with Crippen molar-refractivity contribution in [2.24, 2.45) is 0 Å². The van der Waals surface area contributed by atoms with Crippen LogP contribution in [-0.4, -0.2) is 22.4 Å². The van der Waals surface area contributed by atoms with Crippen LogP contribution in [0.25, 0.3) is 0 Å². The summed E-state index contributed by atoms with van der Waals surface area (Å²) in [7, 11) is 0. The van der Waals surface area contributed by atoms with Crippen molar-refractivity contribution in [1.82, 2.24) is 15.3 Å². The molecule has 1 aromatic heterocycles. The maximum Gasteiger partial charge on any atom is 0.251 e. The standard InChI is InChI=1S/C13H14BrN3O/c1-9-8-10(2-3-11(9)14)13(18)17-5-4-12-15-6-7-16-12/h2-3,6-8H,4-5H2,1H3,(H,15,16)(H,17,18). The summed E-state index contributed by atoms with van der Waals surface area (Å²) in [6.45, 7) is 2.53. The van der Waals surface area contributed by atoms with Gasteiger partial charge in [0.2, 0.25) is 0 Å². The first-order valence-corrected chi connectivity index (χ1v) is 6.49. The fraction of sp³-hybridized carbons (Fsp3) is 0.231. The highest BCUT2D eigenvalue weighted by atomic mass is 79.9. The number of aromatic amines is 1. The molecule has 0 aliphatic rings. The van der Waals surface area contributed by atoms with Crippen molar-refractivity contribution < 1.29 is 4.79 Å². The van der Waals surface area contributed by atoms with Gasteiger partial charge < -0.3 is 10.3 Å². The number of amides is 1.